The van der Waals surface area contributed by atoms with Crippen molar-refractivity contribution in [2.24, 2.45) is 10.7 Å². The molecule has 0 spiro atoms. The van der Waals surface area contributed by atoms with Crippen molar-refractivity contribution in [3.05, 3.63) is 35.1 Å². The van der Waals surface area contributed by atoms with Crippen LogP contribution in [0.3, 0.4) is 0 Å². The summed E-state index contributed by atoms with van der Waals surface area (Å²) in [5.41, 5.74) is 6.96. The molecule has 0 saturated carbocycles. The lowest BCUT2D eigenvalue weighted by atomic mass is 10.1. The molecule has 2 amide bonds. The molecular formula is C19H32FIN6O. The lowest BCUT2D eigenvalue weighted by molar-refractivity contribution is 0.188. The molecule has 0 aliphatic carbocycles. The van der Waals surface area contributed by atoms with Crippen LogP contribution in [0.4, 0.5) is 9.18 Å². The van der Waals surface area contributed by atoms with E-state index in [0.29, 0.717) is 31.7 Å². The first-order valence-corrected chi connectivity index (χ1v) is 9.40. The van der Waals surface area contributed by atoms with Gasteiger partial charge in [-0.15, -0.1) is 24.0 Å². The Morgan fingerprint density at radius 1 is 1.36 bits per heavy atom. The molecule has 1 aromatic rings. The fraction of sp³-hybridized carbons (Fsp3) is 0.579. The number of carbonyl (C=O) groups excluding carboxylic acids is 1. The molecule has 1 aromatic carbocycles. The van der Waals surface area contributed by atoms with E-state index in [9.17, 15) is 9.18 Å². The summed E-state index contributed by atoms with van der Waals surface area (Å²) in [6.07, 6.45) is 1.66. The largest absolute Gasteiger partial charge is 0.357 e. The minimum absolute atomic E-state index is 0. The third-order valence-electron chi connectivity index (χ3n) is 4.51. The minimum atomic E-state index is -0.362. The van der Waals surface area contributed by atoms with Gasteiger partial charge in [0.2, 0.25) is 0 Å². The van der Waals surface area contributed by atoms with Crippen molar-refractivity contribution in [3.8, 4) is 0 Å². The van der Waals surface area contributed by atoms with Gasteiger partial charge in [0.05, 0.1) is 6.54 Å². The van der Waals surface area contributed by atoms with Gasteiger partial charge in [-0.2, -0.15) is 0 Å². The van der Waals surface area contributed by atoms with Crippen LogP contribution in [0.1, 0.15) is 30.9 Å². The first-order valence-electron chi connectivity index (χ1n) is 9.40. The van der Waals surface area contributed by atoms with E-state index in [-0.39, 0.29) is 41.9 Å². The van der Waals surface area contributed by atoms with Gasteiger partial charge >= 0.3 is 6.03 Å². The molecule has 2 rings (SSSR count). The zero-order chi connectivity index (χ0) is 19.8. The third kappa shape index (κ3) is 7.78. The van der Waals surface area contributed by atoms with Crippen LogP contribution < -0.4 is 16.4 Å². The number of likely N-dealkylation sites (tertiary alicyclic amines) is 1. The summed E-state index contributed by atoms with van der Waals surface area (Å²) in [7, 11) is 3.84. The molecule has 0 atom stereocenters. The first-order chi connectivity index (χ1) is 12.9. The van der Waals surface area contributed by atoms with Gasteiger partial charge in [-0.1, -0.05) is 6.07 Å². The Labute approximate surface area is 183 Å². The monoisotopic (exact) mass is 506 g/mol. The molecule has 1 aliphatic rings. The molecule has 1 fully saturated rings. The van der Waals surface area contributed by atoms with E-state index in [1.54, 1.807) is 11.0 Å². The Bertz CT molecular complexity index is 662. The zero-order valence-corrected chi connectivity index (χ0v) is 19.2. The molecule has 4 N–H and O–H groups in total. The van der Waals surface area contributed by atoms with E-state index in [4.69, 9.17) is 5.73 Å². The number of amides is 2. The van der Waals surface area contributed by atoms with Crippen LogP contribution in [0.2, 0.25) is 0 Å². The zero-order valence-electron chi connectivity index (χ0n) is 16.9. The average Bonchev–Trinajstić information content (AvgIpc) is 2.62. The molecule has 1 aliphatic heterocycles. The fourth-order valence-corrected chi connectivity index (χ4v) is 3.12. The van der Waals surface area contributed by atoms with E-state index >= 15 is 0 Å². The van der Waals surface area contributed by atoms with Crippen molar-refractivity contribution < 1.29 is 9.18 Å². The molecule has 28 heavy (non-hydrogen) atoms. The van der Waals surface area contributed by atoms with Crippen molar-refractivity contribution in [1.29, 1.82) is 0 Å². The maximum Gasteiger partial charge on any atom is 0.314 e. The smallest absolute Gasteiger partial charge is 0.314 e. The van der Waals surface area contributed by atoms with Crippen molar-refractivity contribution in [2.75, 3.05) is 33.7 Å². The number of piperidine rings is 1. The predicted octanol–water partition coefficient (Wildman–Crippen LogP) is 2.10. The molecular weight excluding hydrogens is 474 g/mol. The Morgan fingerprint density at radius 3 is 2.61 bits per heavy atom. The van der Waals surface area contributed by atoms with E-state index < -0.39 is 0 Å². The first kappa shape index (κ1) is 24.4. The molecule has 1 heterocycles. The molecule has 0 bridgehead atoms. The summed E-state index contributed by atoms with van der Waals surface area (Å²) >= 11 is 0. The normalized spacial score (nSPS) is 15.3. The van der Waals surface area contributed by atoms with Gasteiger partial charge in [-0.05, 0) is 51.6 Å². The van der Waals surface area contributed by atoms with Gasteiger partial charge in [0, 0.05) is 37.8 Å². The number of halogens is 2. The van der Waals surface area contributed by atoms with Gasteiger partial charge in [0.1, 0.15) is 5.82 Å². The third-order valence-corrected chi connectivity index (χ3v) is 4.51. The number of nitrogens with zero attached hydrogens (tertiary/aromatic N) is 3. The molecule has 0 aromatic heterocycles. The average molecular weight is 506 g/mol. The summed E-state index contributed by atoms with van der Waals surface area (Å²) in [5.74, 6) is 0.538. The number of benzene rings is 1. The second-order valence-corrected chi connectivity index (χ2v) is 7.10. The van der Waals surface area contributed by atoms with Crippen LogP contribution in [0.15, 0.2) is 23.2 Å². The number of guanidine groups is 1. The number of primary amides is 1. The van der Waals surface area contributed by atoms with Crippen LogP contribution in [-0.4, -0.2) is 61.6 Å². The minimum Gasteiger partial charge on any atom is -0.357 e. The molecule has 7 nitrogen and oxygen atoms in total. The maximum absolute atomic E-state index is 13.9. The van der Waals surface area contributed by atoms with Gasteiger partial charge < -0.3 is 26.2 Å². The van der Waals surface area contributed by atoms with Crippen LogP contribution in [-0.2, 0) is 13.1 Å². The van der Waals surface area contributed by atoms with Gasteiger partial charge in [0.25, 0.3) is 0 Å². The van der Waals surface area contributed by atoms with Crippen LogP contribution >= 0.6 is 24.0 Å². The van der Waals surface area contributed by atoms with Gasteiger partial charge in [-0.3, -0.25) is 0 Å². The van der Waals surface area contributed by atoms with Crippen molar-refractivity contribution in [3.63, 3.8) is 0 Å². The second-order valence-electron chi connectivity index (χ2n) is 7.10. The topological polar surface area (TPSA) is 86.0 Å². The molecule has 9 heteroatoms. The SMILES string of the molecule is CCNC(=NCc1ccc(F)c(CN(C)C)c1)NC1CCN(C(N)=O)CC1.I. The number of hydrogen-bond donors (Lipinski definition) is 3. The predicted molar refractivity (Wildman–Crippen MR) is 121 cm³/mol. The summed E-state index contributed by atoms with van der Waals surface area (Å²) in [4.78, 5) is 19.5. The van der Waals surface area contributed by atoms with E-state index in [1.807, 2.05) is 32.0 Å². The summed E-state index contributed by atoms with van der Waals surface area (Å²) < 4.78 is 13.9. The number of nitrogens with one attached hydrogen (secondary N) is 2. The lowest BCUT2D eigenvalue weighted by Gasteiger charge is -2.32. The van der Waals surface area contributed by atoms with Crippen LogP contribution in [0.25, 0.3) is 0 Å². The Hall–Kier alpha value is -1.62. The highest BCUT2D eigenvalue weighted by Crippen LogP contribution is 2.13. The number of nitrogens with two attached hydrogens (primary N) is 1. The van der Waals surface area contributed by atoms with Crippen molar-refractivity contribution in [1.82, 2.24) is 20.4 Å². The second kappa shape index (κ2) is 12.1. The molecule has 0 radical (unpaired) electrons. The molecule has 0 unspecified atom stereocenters. The van der Waals surface area contributed by atoms with E-state index in [2.05, 4.69) is 15.6 Å². The standard InChI is InChI=1S/C19H31FN6O.HI/c1-4-22-19(24-16-7-9-26(10-8-16)18(21)27)23-12-14-5-6-17(20)15(11-14)13-25(2)3;/h5-6,11,16H,4,7-10,12-13H2,1-3H3,(H2,21,27)(H2,22,23,24);1H. The van der Waals surface area contributed by atoms with E-state index in [0.717, 1.165) is 30.9 Å². The number of rotatable bonds is 6. The number of urea groups is 1. The highest BCUT2D eigenvalue weighted by atomic mass is 127. The van der Waals surface area contributed by atoms with Gasteiger partial charge in [-0.25, -0.2) is 14.2 Å². The van der Waals surface area contributed by atoms with Crippen LogP contribution in [0.5, 0.6) is 0 Å². The molecule has 158 valence electrons. The highest BCUT2D eigenvalue weighted by molar-refractivity contribution is 14.0. The van der Waals surface area contributed by atoms with Crippen molar-refractivity contribution in [2.45, 2.75) is 38.9 Å². The number of hydrogen-bond acceptors (Lipinski definition) is 3. The summed E-state index contributed by atoms with van der Waals surface area (Å²) in [5, 5.41) is 6.67. The maximum atomic E-state index is 13.9. The summed E-state index contributed by atoms with van der Waals surface area (Å²) in [6, 6.07) is 5.03. The Morgan fingerprint density at radius 2 is 2.04 bits per heavy atom. The van der Waals surface area contributed by atoms with Crippen molar-refractivity contribution >= 4 is 36.0 Å². The van der Waals surface area contributed by atoms with Gasteiger partial charge in [0.15, 0.2) is 5.96 Å². The fourth-order valence-electron chi connectivity index (χ4n) is 3.12. The summed E-state index contributed by atoms with van der Waals surface area (Å²) in [6.45, 7) is 5.09. The Kier molecular flexibility index (Phi) is 10.5. The van der Waals surface area contributed by atoms with E-state index in [1.165, 1.54) is 6.07 Å². The molecule has 1 saturated heterocycles. The quantitative estimate of drug-likeness (QED) is 0.314. The number of aliphatic imine (C=N–C) groups is 1. The Balaban J connectivity index is 0.00000392. The highest BCUT2D eigenvalue weighted by Gasteiger charge is 2.21. The number of carbonyl (C=O) groups is 1. The van der Waals surface area contributed by atoms with Crippen LogP contribution in [0, 0.1) is 5.82 Å². The lowest BCUT2D eigenvalue weighted by Crippen LogP contribution is -2.50.